The molecule has 1 aromatic heterocycles. The summed E-state index contributed by atoms with van der Waals surface area (Å²) in [5, 5.41) is 18.5. The number of halogens is 1. The minimum atomic E-state index is -0.956. The normalized spacial score (nSPS) is 10.8. The Morgan fingerprint density at radius 2 is 1.86 bits per heavy atom. The third-order valence-corrected chi connectivity index (χ3v) is 3.80. The van der Waals surface area contributed by atoms with E-state index in [2.05, 4.69) is 0 Å². The van der Waals surface area contributed by atoms with Gasteiger partial charge < -0.3 is 15.1 Å². The average Bonchev–Trinajstić information content (AvgIpc) is 2.86. The van der Waals surface area contributed by atoms with Crippen LogP contribution < -0.4 is 0 Å². The Bertz CT molecular complexity index is 895. The Hall–Kier alpha value is -2.59. The molecule has 4 nitrogen and oxygen atoms in total. The van der Waals surface area contributed by atoms with Crippen LogP contribution in [0.25, 0.3) is 16.6 Å². The number of aromatic carboxylic acids is 1. The summed E-state index contributed by atoms with van der Waals surface area (Å²) in [6.07, 6.45) is 1.87. The summed E-state index contributed by atoms with van der Waals surface area (Å²) in [6.45, 7) is 1.74. The predicted molar refractivity (Wildman–Crippen MR) is 87.7 cm³/mol. The molecular formula is C17H13ClN2O2. The van der Waals surface area contributed by atoms with E-state index in [1.807, 2.05) is 22.9 Å². The second kappa shape index (κ2) is 5.31. The molecule has 0 aliphatic carbocycles. The number of carboxylic acid groups (broad SMARTS) is 1. The minimum absolute atomic E-state index is 0.238. The molecule has 2 N–H and O–H groups in total. The Morgan fingerprint density at radius 3 is 2.45 bits per heavy atom. The molecule has 0 saturated heterocycles. The molecule has 0 spiro atoms. The van der Waals surface area contributed by atoms with Crippen LogP contribution in [0.15, 0.2) is 48.7 Å². The lowest BCUT2D eigenvalue weighted by molar-refractivity contribution is 0.0697. The first-order chi connectivity index (χ1) is 10.5. The van der Waals surface area contributed by atoms with Gasteiger partial charge in [0.15, 0.2) is 0 Å². The Balaban J connectivity index is 2.23. The Morgan fingerprint density at radius 1 is 1.18 bits per heavy atom. The first-order valence-electron chi connectivity index (χ1n) is 6.67. The Kier molecular flexibility index (Phi) is 3.47. The van der Waals surface area contributed by atoms with Crippen molar-refractivity contribution in [1.82, 2.24) is 4.57 Å². The van der Waals surface area contributed by atoms with Gasteiger partial charge in [-0.05, 0) is 43.3 Å². The van der Waals surface area contributed by atoms with Gasteiger partial charge in [-0.1, -0.05) is 17.7 Å². The van der Waals surface area contributed by atoms with Crippen LogP contribution in [0.5, 0.6) is 0 Å². The topological polar surface area (TPSA) is 66.1 Å². The number of aromatic nitrogens is 1. The van der Waals surface area contributed by atoms with E-state index in [1.165, 1.54) is 0 Å². The fourth-order valence-corrected chi connectivity index (χ4v) is 2.64. The van der Waals surface area contributed by atoms with Crippen LogP contribution in [0.2, 0.25) is 5.02 Å². The molecule has 2 aromatic carbocycles. The van der Waals surface area contributed by atoms with Crippen molar-refractivity contribution in [2.75, 3.05) is 0 Å². The van der Waals surface area contributed by atoms with Crippen molar-refractivity contribution in [1.29, 1.82) is 5.41 Å². The summed E-state index contributed by atoms with van der Waals surface area (Å²) < 4.78 is 1.92. The zero-order chi connectivity index (χ0) is 15.9. The highest BCUT2D eigenvalue weighted by Crippen LogP contribution is 2.28. The van der Waals surface area contributed by atoms with Gasteiger partial charge in [0.1, 0.15) is 0 Å². The minimum Gasteiger partial charge on any atom is -0.478 e. The molecule has 3 aromatic rings. The molecule has 0 amide bonds. The van der Waals surface area contributed by atoms with Crippen LogP contribution in [0, 0.1) is 5.41 Å². The molecule has 0 aliphatic heterocycles. The van der Waals surface area contributed by atoms with Crippen molar-refractivity contribution in [3.05, 3.63) is 64.8 Å². The number of nitrogens with zero attached hydrogens (tertiary/aromatic N) is 1. The van der Waals surface area contributed by atoms with Crippen molar-refractivity contribution in [2.45, 2.75) is 6.92 Å². The molecule has 0 saturated carbocycles. The van der Waals surface area contributed by atoms with E-state index in [0.29, 0.717) is 10.7 Å². The van der Waals surface area contributed by atoms with E-state index in [4.69, 9.17) is 22.1 Å². The largest absolute Gasteiger partial charge is 0.478 e. The number of hydrogen-bond acceptors (Lipinski definition) is 2. The van der Waals surface area contributed by atoms with Crippen molar-refractivity contribution >= 4 is 34.2 Å². The van der Waals surface area contributed by atoms with Crippen molar-refractivity contribution in [3.8, 4) is 5.69 Å². The van der Waals surface area contributed by atoms with Crippen LogP contribution in [0.4, 0.5) is 0 Å². The van der Waals surface area contributed by atoms with E-state index in [1.54, 1.807) is 37.3 Å². The first-order valence-corrected chi connectivity index (χ1v) is 7.05. The second-order valence-corrected chi connectivity index (χ2v) is 5.49. The number of nitrogens with one attached hydrogen (secondary N) is 1. The Labute approximate surface area is 132 Å². The lowest BCUT2D eigenvalue weighted by Gasteiger charge is -2.06. The molecule has 0 fully saturated rings. The molecule has 3 rings (SSSR count). The number of benzene rings is 2. The van der Waals surface area contributed by atoms with E-state index in [9.17, 15) is 4.79 Å². The third kappa shape index (κ3) is 2.38. The van der Waals surface area contributed by atoms with Crippen LogP contribution >= 0.6 is 11.6 Å². The number of hydrogen-bond donors (Lipinski definition) is 2. The lowest BCUT2D eigenvalue weighted by Crippen LogP contribution is -1.97. The summed E-state index contributed by atoms with van der Waals surface area (Å²) in [6, 6.07) is 12.1. The van der Waals surface area contributed by atoms with Gasteiger partial charge in [0, 0.05) is 33.6 Å². The standard InChI is InChI=1S/C17H13ClN2O2/c1-10(19)15-9-20(16-8-12(18)4-7-14(15)16)13-5-2-11(3-6-13)17(21)22/h2-9,19H,1H3,(H,21,22). The van der Waals surface area contributed by atoms with Gasteiger partial charge >= 0.3 is 5.97 Å². The summed E-state index contributed by atoms with van der Waals surface area (Å²) in [4.78, 5) is 10.9. The SMILES string of the molecule is CC(=N)c1cn(-c2ccc(C(=O)O)cc2)c2cc(Cl)ccc12. The van der Waals surface area contributed by atoms with Gasteiger partial charge in [0.25, 0.3) is 0 Å². The monoisotopic (exact) mass is 312 g/mol. The predicted octanol–water partition coefficient (Wildman–Crippen LogP) is 4.37. The highest BCUT2D eigenvalue weighted by molar-refractivity contribution is 6.31. The van der Waals surface area contributed by atoms with Crippen LogP contribution in [0.1, 0.15) is 22.8 Å². The molecule has 0 radical (unpaired) electrons. The summed E-state index contributed by atoms with van der Waals surface area (Å²) in [5.74, 6) is -0.956. The quantitative estimate of drug-likeness (QED) is 0.705. The molecular weight excluding hydrogens is 300 g/mol. The molecule has 110 valence electrons. The van der Waals surface area contributed by atoms with E-state index < -0.39 is 5.97 Å². The van der Waals surface area contributed by atoms with Gasteiger partial charge in [-0.3, -0.25) is 0 Å². The van der Waals surface area contributed by atoms with Crippen molar-refractivity contribution < 1.29 is 9.90 Å². The molecule has 0 unspecified atom stereocenters. The summed E-state index contributed by atoms with van der Waals surface area (Å²) in [5.41, 5.74) is 3.24. The third-order valence-electron chi connectivity index (χ3n) is 3.56. The lowest BCUT2D eigenvalue weighted by atomic mass is 10.1. The van der Waals surface area contributed by atoms with E-state index >= 15 is 0 Å². The first kappa shape index (κ1) is 14.4. The molecule has 0 bridgehead atoms. The molecule has 22 heavy (non-hydrogen) atoms. The molecule has 0 atom stereocenters. The highest BCUT2D eigenvalue weighted by atomic mass is 35.5. The number of rotatable bonds is 3. The average molecular weight is 313 g/mol. The maximum absolute atomic E-state index is 10.9. The number of carbonyl (C=O) groups is 1. The second-order valence-electron chi connectivity index (χ2n) is 5.05. The van der Waals surface area contributed by atoms with E-state index in [0.717, 1.165) is 22.2 Å². The zero-order valence-electron chi connectivity index (χ0n) is 11.8. The van der Waals surface area contributed by atoms with Gasteiger partial charge in [0.05, 0.1) is 11.1 Å². The number of fused-ring (bicyclic) bond motifs is 1. The molecule has 5 heteroatoms. The van der Waals surface area contributed by atoms with Crippen LogP contribution in [-0.4, -0.2) is 21.4 Å². The molecule has 0 aliphatic rings. The van der Waals surface area contributed by atoms with Crippen LogP contribution in [0.3, 0.4) is 0 Å². The van der Waals surface area contributed by atoms with Gasteiger partial charge in [-0.25, -0.2) is 4.79 Å². The highest BCUT2D eigenvalue weighted by Gasteiger charge is 2.12. The zero-order valence-corrected chi connectivity index (χ0v) is 12.6. The van der Waals surface area contributed by atoms with Gasteiger partial charge in [-0.2, -0.15) is 0 Å². The number of carboxylic acids is 1. The smallest absolute Gasteiger partial charge is 0.335 e. The van der Waals surface area contributed by atoms with Crippen molar-refractivity contribution in [3.63, 3.8) is 0 Å². The fraction of sp³-hybridized carbons (Fsp3) is 0.0588. The van der Waals surface area contributed by atoms with Crippen LogP contribution in [-0.2, 0) is 0 Å². The van der Waals surface area contributed by atoms with Gasteiger partial charge in [0.2, 0.25) is 0 Å². The summed E-state index contributed by atoms with van der Waals surface area (Å²) in [7, 11) is 0. The van der Waals surface area contributed by atoms with Crippen molar-refractivity contribution in [2.24, 2.45) is 0 Å². The maximum Gasteiger partial charge on any atom is 0.335 e. The van der Waals surface area contributed by atoms with Gasteiger partial charge in [-0.15, -0.1) is 0 Å². The molecule has 1 heterocycles. The summed E-state index contributed by atoms with van der Waals surface area (Å²) >= 11 is 6.09. The fourth-order valence-electron chi connectivity index (χ4n) is 2.48. The maximum atomic E-state index is 10.9. The van der Waals surface area contributed by atoms with E-state index in [-0.39, 0.29) is 5.56 Å².